The molecule has 1 fully saturated rings. The van der Waals surface area contributed by atoms with Crippen LogP contribution in [0.3, 0.4) is 0 Å². The first kappa shape index (κ1) is 19.8. The Labute approximate surface area is 174 Å². The molecule has 0 saturated carbocycles. The lowest BCUT2D eigenvalue weighted by Crippen LogP contribution is -2.48. The smallest absolute Gasteiger partial charge is 0.248 e. The molecule has 0 radical (unpaired) electrons. The van der Waals surface area contributed by atoms with E-state index in [-0.39, 0.29) is 17.5 Å². The van der Waals surface area contributed by atoms with Gasteiger partial charge in [-0.05, 0) is 24.3 Å². The Balaban J connectivity index is 1.64. The van der Waals surface area contributed by atoms with Crippen LogP contribution >= 0.6 is 0 Å². The molecule has 1 aliphatic heterocycles. The lowest BCUT2D eigenvalue weighted by molar-refractivity contribution is -0.130. The molecule has 0 atom stereocenters. The molecular formula is C20H20N6O3S. The van der Waals surface area contributed by atoms with E-state index in [0.717, 1.165) is 22.8 Å². The van der Waals surface area contributed by atoms with E-state index in [1.54, 1.807) is 11.0 Å². The first-order chi connectivity index (χ1) is 14.4. The zero-order chi connectivity index (χ0) is 21.3. The number of rotatable bonds is 4. The van der Waals surface area contributed by atoms with Crippen molar-refractivity contribution >= 4 is 32.3 Å². The quantitative estimate of drug-likeness (QED) is 0.582. The van der Waals surface area contributed by atoms with Gasteiger partial charge in [-0.15, -0.1) is 0 Å². The fraction of sp³-hybridized carbons (Fsp3) is 0.300. The van der Waals surface area contributed by atoms with Crippen LogP contribution in [0, 0.1) is 11.3 Å². The van der Waals surface area contributed by atoms with Gasteiger partial charge in [0.2, 0.25) is 20.9 Å². The van der Waals surface area contributed by atoms with Crippen LogP contribution in [0.1, 0.15) is 6.42 Å². The second-order valence-corrected chi connectivity index (χ2v) is 8.98. The Hall–Kier alpha value is -3.45. The van der Waals surface area contributed by atoms with Gasteiger partial charge in [0.15, 0.2) is 0 Å². The largest absolute Gasteiger partial charge is 0.367 e. The number of carbonyl (C=O) groups is 1. The Bertz CT molecular complexity index is 1250. The molecule has 1 amide bonds. The number of fused-ring (bicyclic) bond motifs is 1. The second kappa shape index (κ2) is 7.76. The number of anilines is 1. The molecule has 0 unspecified atom stereocenters. The van der Waals surface area contributed by atoms with Crippen molar-refractivity contribution in [1.29, 1.82) is 5.26 Å². The van der Waals surface area contributed by atoms with Gasteiger partial charge < -0.3 is 14.4 Å². The van der Waals surface area contributed by atoms with Crippen LogP contribution in [-0.4, -0.2) is 66.2 Å². The molecule has 154 valence electrons. The number of nitriles is 1. The van der Waals surface area contributed by atoms with Crippen LogP contribution in [-0.2, 0) is 14.6 Å². The zero-order valence-electron chi connectivity index (χ0n) is 16.4. The summed E-state index contributed by atoms with van der Waals surface area (Å²) < 4.78 is 25.5. The van der Waals surface area contributed by atoms with E-state index >= 15 is 0 Å². The molecule has 2 aromatic heterocycles. The molecule has 10 heteroatoms. The van der Waals surface area contributed by atoms with Gasteiger partial charge >= 0.3 is 0 Å². The monoisotopic (exact) mass is 424 g/mol. The molecule has 30 heavy (non-hydrogen) atoms. The first-order valence-electron chi connectivity index (χ1n) is 9.42. The number of benzene rings is 1. The van der Waals surface area contributed by atoms with E-state index in [0.29, 0.717) is 32.0 Å². The van der Waals surface area contributed by atoms with Gasteiger partial charge in [-0.2, -0.15) is 5.26 Å². The van der Waals surface area contributed by atoms with Crippen molar-refractivity contribution < 1.29 is 13.2 Å². The highest BCUT2D eigenvalue weighted by molar-refractivity contribution is 7.90. The van der Waals surface area contributed by atoms with Crippen molar-refractivity contribution in [2.75, 3.05) is 37.3 Å². The zero-order valence-corrected chi connectivity index (χ0v) is 17.2. The summed E-state index contributed by atoms with van der Waals surface area (Å²) in [6.45, 7) is 2.49. The minimum atomic E-state index is -3.51. The van der Waals surface area contributed by atoms with E-state index in [4.69, 9.17) is 5.26 Å². The van der Waals surface area contributed by atoms with Crippen molar-refractivity contribution in [3.63, 3.8) is 0 Å². The van der Waals surface area contributed by atoms with Crippen LogP contribution in [0.5, 0.6) is 0 Å². The minimum Gasteiger partial charge on any atom is -0.367 e. The summed E-state index contributed by atoms with van der Waals surface area (Å²) in [5.41, 5.74) is 1.93. The number of piperazine rings is 1. The molecule has 0 N–H and O–H groups in total. The third-order valence-corrected chi connectivity index (χ3v) is 5.97. The maximum atomic E-state index is 11.9. The highest BCUT2D eigenvalue weighted by atomic mass is 32.2. The lowest BCUT2D eigenvalue weighted by atomic mass is 10.1. The van der Waals surface area contributed by atoms with Gasteiger partial charge in [0.05, 0.1) is 11.6 Å². The molecule has 4 rings (SSSR count). The van der Waals surface area contributed by atoms with Crippen molar-refractivity contribution in [3.05, 3.63) is 42.7 Å². The molecule has 3 heterocycles. The van der Waals surface area contributed by atoms with E-state index in [1.807, 2.05) is 41.1 Å². The van der Waals surface area contributed by atoms with Gasteiger partial charge in [-0.25, -0.2) is 18.4 Å². The second-order valence-electron chi connectivity index (χ2n) is 7.07. The molecule has 0 spiro atoms. The standard InChI is InChI=1S/C20H20N6O3S/c1-30(28,29)20-22-9-6-18(23-20)26-10-7-15-16(3-2-4-17(15)26)24-11-13-25(14-12-24)19(27)5-8-21/h2-4,6-7,9-10H,5,11-14H2,1H3. The average molecular weight is 424 g/mol. The third-order valence-electron chi connectivity index (χ3n) is 5.11. The van der Waals surface area contributed by atoms with Gasteiger partial charge in [0.1, 0.15) is 12.2 Å². The number of carbonyl (C=O) groups excluding carboxylic acids is 1. The predicted molar refractivity (Wildman–Crippen MR) is 111 cm³/mol. The number of amides is 1. The van der Waals surface area contributed by atoms with Gasteiger partial charge in [0, 0.05) is 55.9 Å². The number of hydrogen-bond acceptors (Lipinski definition) is 7. The highest BCUT2D eigenvalue weighted by Gasteiger charge is 2.22. The van der Waals surface area contributed by atoms with Gasteiger partial charge in [-0.3, -0.25) is 4.79 Å². The van der Waals surface area contributed by atoms with Crippen LogP contribution in [0.25, 0.3) is 16.7 Å². The number of sulfone groups is 1. The fourth-order valence-electron chi connectivity index (χ4n) is 3.65. The van der Waals surface area contributed by atoms with Gasteiger partial charge in [-0.1, -0.05) is 6.07 Å². The Morgan fingerprint density at radius 3 is 2.63 bits per heavy atom. The molecule has 0 bridgehead atoms. The Kier molecular flexibility index (Phi) is 5.13. The molecule has 1 aromatic carbocycles. The summed E-state index contributed by atoms with van der Waals surface area (Å²) in [7, 11) is -3.51. The summed E-state index contributed by atoms with van der Waals surface area (Å²) in [5.74, 6) is 0.344. The maximum absolute atomic E-state index is 11.9. The first-order valence-corrected chi connectivity index (χ1v) is 11.3. The molecule has 3 aromatic rings. The van der Waals surface area contributed by atoms with Crippen LogP contribution < -0.4 is 4.90 Å². The Morgan fingerprint density at radius 2 is 1.93 bits per heavy atom. The summed E-state index contributed by atoms with van der Waals surface area (Å²) in [4.78, 5) is 23.9. The number of nitrogens with zero attached hydrogens (tertiary/aromatic N) is 6. The summed E-state index contributed by atoms with van der Waals surface area (Å²) in [6, 6.07) is 11.5. The third kappa shape index (κ3) is 3.71. The SMILES string of the molecule is CS(=O)(=O)c1nccc(-n2ccc3c(N4CCN(C(=O)CC#N)CC4)cccc32)n1. The summed E-state index contributed by atoms with van der Waals surface area (Å²) in [6.07, 6.45) is 4.28. The normalized spacial score (nSPS) is 14.7. The highest BCUT2D eigenvalue weighted by Crippen LogP contribution is 2.30. The maximum Gasteiger partial charge on any atom is 0.248 e. The fourth-order valence-corrected chi connectivity index (χ4v) is 4.16. The number of aromatic nitrogens is 3. The number of hydrogen-bond donors (Lipinski definition) is 0. The molecule has 1 aliphatic rings. The van der Waals surface area contributed by atoms with E-state index in [9.17, 15) is 13.2 Å². The summed E-state index contributed by atoms with van der Waals surface area (Å²) >= 11 is 0. The van der Waals surface area contributed by atoms with E-state index in [2.05, 4.69) is 14.9 Å². The lowest BCUT2D eigenvalue weighted by Gasteiger charge is -2.36. The molecule has 0 aliphatic carbocycles. The van der Waals surface area contributed by atoms with E-state index in [1.165, 1.54) is 6.20 Å². The molecular weight excluding hydrogens is 404 g/mol. The van der Waals surface area contributed by atoms with Crippen LogP contribution in [0.4, 0.5) is 5.69 Å². The Morgan fingerprint density at radius 1 is 1.17 bits per heavy atom. The van der Waals surface area contributed by atoms with Crippen molar-refractivity contribution in [2.45, 2.75) is 11.6 Å². The van der Waals surface area contributed by atoms with Crippen LogP contribution in [0.2, 0.25) is 0 Å². The van der Waals surface area contributed by atoms with Crippen molar-refractivity contribution in [3.8, 4) is 11.9 Å². The van der Waals surface area contributed by atoms with Crippen molar-refractivity contribution in [1.82, 2.24) is 19.4 Å². The van der Waals surface area contributed by atoms with E-state index < -0.39 is 9.84 Å². The van der Waals surface area contributed by atoms with Gasteiger partial charge in [0.25, 0.3) is 0 Å². The predicted octanol–water partition coefficient (Wildman–Crippen LogP) is 1.39. The molecule has 9 nitrogen and oxygen atoms in total. The van der Waals surface area contributed by atoms with Crippen LogP contribution in [0.15, 0.2) is 47.9 Å². The topological polar surface area (TPSA) is 112 Å². The average Bonchev–Trinajstić information content (AvgIpc) is 3.18. The summed E-state index contributed by atoms with van der Waals surface area (Å²) in [5, 5.41) is 9.52. The minimum absolute atomic E-state index is 0.0904. The van der Waals surface area contributed by atoms with Crippen molar-refractivity contribution in [2.24, 2.45) is 0 Å². The molecule has 1 saturated heterocycles.